The molecule has 2 bridgehead atoms. The Morgan fingerprint density at radius 3 is 3.21 bits per heavy atom. The molecule has 0 aromatic carbocycles. The first kappa shape index (κ1) is 8.88. The Hall–Kier alpha value is -0.393. The number of rotatable bonds is 2. The highest BCUT2D eigenvalue weighted by Gasteiger charge is 2.60. The summed E-state index contributed by atoms with van der Waals surface area (Å²) in [5.74, 6) is 0.209. The average Bonchev–Trinajstić information content (AvgIpc) is 2.78. The molecule has 0 spiro atoms. The SMILES string of the molecule is O=C1OCC2C3OC(CC3OC[SiH3])C12. The molecule has 3 aliphatic heterocycles. The summed E-state index contributed by atoms with van der Waals surface area (Å²) in [5, 5.41) is 0. The predicted molar refractivity (Wildman–Crippen MR) is 50.9 cm³/mol. The van der Waals surface area contributed by atoms with E-state index in [2.05, 4.69) is 0 Å². The van der Waals surface area contributed by atoms with Gasteiger partial charge in [0.2, 0.25) is 0 Å². The molecule has 3 rings (SSSR count). The first-order valence-electron chi connectivity index (χ1n) is 5.25. The summed E-state index contributed by atoms with van der Waals surface area (Å²) in [5.41, 5.74) is 0. The highest BCUT2D eigenvalue weighted by molar-refractivity contribution is 6.08. The molecule has 3 fully saturated rings. The van der Waals surface area contributed by atoms with Crippen LogP contribution in [0, 0.1) is 11.8 Å². The van der Waals surface area contributed by atoms with Crippen LogP contribution in [0.2, 0.25) is 0 Å². The van der Waals surface area contributed by atoms with Crippen molar-refractivity contribution in [2.24, 2.45) is 11.8 Å². The van der Waals surface area contributed by atoms with Gasteiger partial charge in [-0.2, -0.15) is 0 Å². The number of carbonyl (C=O) groups is 1. The number of esters is 1. The van der Waals surface area contributed by atoms with Gasteiger partial charge in [0.15, 0.2) is 0 Å². The summed E-state index contributed by atoms with van der Waals surface area (Å²) in [4.78, 5) is 11.4. The summed E-state index contributed by atoms with van der Waals surface area (Å²) in [6.07, 6.45) is 2.13. The topological polar surface area (TPSA) is 44.8 Å². The van der Waals surface area contributed by atoms with Gasteiger partial charge in [-0.15, -0.1) is 0 Å². The Labute approximate surface area is 85.3 Å². The van der Waals surface area contributed by atoms with E-state index in [1.165, 1.54) is 0 Å². The number of cyclic esters (lactones) is 1. The van der Waals surface area contributed by atoms with E-state index in [0.717, 1.165) is 22.9 Å². The van der Waals surface area contributed by atoms with E-state index in [9.17, 15) is 4.79 Å². The molecule has 3 saturated heterocycles. The van der Waals surface area contributed by atoms with E-state index < -0.39 is 0 Å². The molecule has 0 amide bonds. The average molecular weight is 214 g/mol. The highest BCUT2D eigenvalue weighted by Crippen LogP contribution is 2.47. The van der Waals surface area contributed by atoms with Crippen molar-refractivity contribution in [2.75, 3.05) is 12.8 Å². The third-order valence-corrected chi connectivity index (χ3v) is 3.85. The summed E-state index contributed by atoms with van der Waals surface area (Å²) in [6, 6.07) is 0. The van der Waals surface area contributed by atoms with E-state index >= 15 is 0 Å². The zero-order valence-electron chi connectivity index (χ0n) is 8.14. The molecule has 5 unspecified atom stereocenters. The molecule has 3 aliphatic rings. The largest absolute Gasteiger partial charge is 0.465 e. The highest BCUT2D eigenvalue weighted by atomic mass is 28.1. The molecule has 5 atom stereocenters. The van der Waals surface area contributed by atoms with Crippen LogP contribution in [0.3, 0.4) is 0 Å². The molecule has 78 valence electrons. The number of hydrogen-bond donors (Lipinski definition) is 0. The second kappa shape index (κ2) is 3.05. The third kappa shape index (κ3) is 1.03. The molecule has 4 nitrogen and oxygen atoms in total. The van der Waals surface area contributed by atoms with Gasteiger partial charge in [0.1, 0.15) is 0 Å². The first-order valence-corrected chi connectivity index (χ1v) is 6.66. The van der Waals surface area contributed by atoms with Crippen LogP contribution in [-0.2, 0) is 19.0 Å². The zero-order chi connectivity index (χ0) is 9.71. The molecule has 0 aromatic heterocycles. The van der Waals surface area contributed by atoms with Gasteiger partial charge in [-0.05, 0) is 0 Å². The predicted octanol–water partition coefficient (Wildman–Crippen LogP) is -1.35. The number of ether oxygens (including phenoxy) is 3. The Morgan fingerprint density at radius 2 is 2.43 bits per heavy atom. The summed E-state index contributed by atoms with van der Waals surface area (Å²) >= 11 is 0. The lowest BCUT2D eigenvalue weighted by Gasteiger charge is -2.24. The maximum Gasteiger partial charge on any atom is 0.312 e. The number of hydrogen-bond acceptors (Lipinski definition) is 4. The van der Waals surface area contributed by atoms with Crippen LogP contribution in [0.4, 0.5) is 0 Å². The lowest BCUT2D eigenvalue weighted by Crippen LogP contribution is -2.38. The summed E-state index contributed by atoms with van der Waals surface area (Å²) in [6.45, 7) is 0.533. The van der Waals surface area contributed by atoms with Crippen molar-refractivity contribution < 1.29 is 19.0 Å². The van der Waals surface area contributed by atoms with Crippen LogP contribution in [-0.4, -0.2) is 47.4 Å². The zero-order valence-corrected chi connectivity index (χ0v) is 10.1. The molecule has 0 aromatic rings. The minimum absolute atomic E-state index is 0.00829. The standard InChI is InChI=1S/C9H14O4Si/c10-9-7-4(2-11-9)8-6(12-3-14)1-5(7)13-8/h4-8H,1-3H2,14H3. The van der Waals surface area contributed by atoms with E-state index in [-0.39, 0.29) is 36.1 Å². The fourth-order valence-corrected chi connectivity index (χ4v) is 3.40. The van der Waals surface area contributed by atoms with Crippen molar-refractivity contribution in [1.29, 1.82) is 0 Å². The molecule has 14 heavy (non-hydrogen) atoms. The Bertz CT molecular complexity index is 270. The van der Waals surface area contributed by atoms with E-state index in [1.54, 1.807) is 0 Å². The van der Waals surface area contributed by atoms with Crippen molar-refractivity contribution in [3.63, 3.8) is 0 Å². The van der Waals surface area contributed by atoms with Crippen LogP contribution in [0.25, 0.3) is 0 Å². The van der Waals surface area contributed by atoms with Gasteiger partial charge in [0.25, 0.3) is 0 Å². The third-order valence-electron chi connectivity index (χ3n) is 3.52. The van der Waals surface area contributed by atoms with Crippen LogP contribution in [0.1, 0.15) is 6.42 Å². The first-order chi connectivity index (χ1) is 6.81. The molecular weight excluding hydrogens is 200 g/mol. The van der Waals surface area contributed by atoms with Crippen molar-refractivity contribution in [1.82, 2.24) is 0 Å². The normalized spacial score (nSPS) is 49.7. The van der Waals surface area contributed by atoms with E-state index in [0.29, 0.717) is 6.61 Å². The van der Waals surface area contributed by atoms with Gasteiger partial charge in [0, 0.05) is 28.8 Å². The van der Waals surface area contributed by atoms with Gasteiger partial charge in [-0.25, -0.2) is 0 Å². The van der Waals surface area contributed by atoms with Crippen molar-refractivity contribution in [3.8, 4) is 0 Å². The summed E-state index contributed by atoms with van der Waals surface area (Å²) in [7, 11) is 1.06. The molecular formula is C9H14O4Si. The number of fused-ring (bicyclic) bond motifs is 5. The van der Waals surface area contributed by atoms with Crippen LogP contribution in [0.5, 0.6) is 0 Å². The second-order valence-corrected chi connectivity index (χ2v) is 4.77. The lowest BCUT2D eigenvalue weighted by molar-refractivity contribution is -0.143. The van der Waals surface area contributed by atoms with E-state index in [4.69, 9.17) is 14.2 Å². The van der Waals surface area contributed by atoms with Crippen molar-refractivity contribution in [3.05, 3.63) is 0 Å². The van der Waals surface area contributed by atoms with Gasteiger partial charge in [0.05, 0.1) is 30.8 Å². The van der Waals surface area contributed by atoms with E-state index in [1.807, 2.05) is 0 Å². The minimum Gasteiger partial charge on any atom is -0.465 e. The fraction of sp³-hybridized carbons (Fsp3) is 0.889. The Kier molecular flexibility index (Phi) is 1.93. The van der Waals surface area contributed by atoms with Gasteiger partial charge in [-0.1, -0.05) is 0 Å². The van der Waals surface area contributed by atoms with Gasteiger partial charge in [-0.3, -0.25) is 4.79 Å². The smallest absolute Gasteiger partial charge is 0.312 e. The minimum atomic E-state index is -0.0631. The molecule has 0 saturated carbocycles. The second-order valence-electron chi connectivity index (χ2n) is 4.19. The Morgan fingerprint density at radius 1 is 1.57 bits per heavy atom. The maximum absolute atomic E-state index is 11.4. The van der Waals surface area contributed by atoms with Crippen molar-refractivity contribution >= 4 is 16.2 Å². The Balaban J connectivity index is 1.79. The quantitative estimate of drug-likeness (QED) is 0.421. The number of carbonyl (C=O) groups excluding carboxylic acids is 1. The van der Waals surface area contributed by atoms with Crippen LogP contribution < -0.4 is 0 Å². The monoisotopic (exact) mass is 214 g/mol. The molecule has 0 N–H and O–H groups in total. The molecule has 0 aliphatic carbocycles. The van der Waals surface area contributed by atoms with Gasteiger partial charge >= 0.3 is 5.97 Å². The van der Waals surface area contributed by atoms with Gasteiger partial charge < -0.3 is 14.2 Å². The fourth-order valence-electron chi connectivity index (χ4n) is 2.97. The molecule has 0 radical (unpaired) electrons. The van der Waals surface area contributed by atoms with Crippen LogP contribution >= 0.6 is 0 Å². The summed E-state index contributed by atoms with van der Waals surface area (Å²) < 4.78 is 16.5. The molecule has 5 heteroatoms. The maximum atomic E-state index is 11.4. The van der Waals surface area contributed by atoms with Crippen LogP contribution in [0.15, 0.2) is 0 Å². The lowest BCUT2D eigenvalue weighted by atomic mass is 9.80. The molecule has 3 heterocycles. The van der Waals surface area contributed by atoms with Crippen molar-refractivity contribution in [2.45, 2.75) is 24.7 Å².